The second-order valence-electron chi connectivity index (χ2n) is 4.79. The number of halogens is 1. The van der Waals surface area contributed by atoms with Crippen LogP contribution in [0.15, 0.2) is 54.7 Å². The molecule has 0 aliphatic heterocycles. The van der Waals surface area contributed by atoms with E-state index in [1.165, 1.54) is 12.1 Å². The molecule has 0 N–H and O–H groups in total. The third kappa shape index (κ3) is 2.48. The number of carbonyl (C=O) groups is 1. The Morgan fingerprint density at radius 2 is 1.90 bits per heavy atom. The molecule has 0 spiro atoms. The van der Waals surface area contributed by atoms with Gasteiger partial charge < -0.3 is 0 Å². The molecule has 0 fully saturated rings. The second-order valence-corrected chi connectivity index (χ2v) is 4.79. The van der Waals surface area contributed by atoms with Crippen LogP contribution in [0.2, 0.25) is 0 Å². The first-order chi connectivity index (χ1) is 10.2. The fourth-order valence-corrected chi connectivity index (χ4v) is 2.29. The third-order valence-corrected chi connectivity index (χ3v) is 3.32. The molecule has 4 heteroatoms. The smallest absolute Gasteiger partial charge is 0.153 e. The Labute approximate surface area is 121 Å². The summed E-state index contributed by atoms with van der Waals surface area (Å²) < 4.78 is 14.8. The van der Waals surface area contributed by atoms with Gasteiger partial charge in [-0.1, -0.05) is 30.3 Å². The number of benzene rings is 2. The van der Waals surface area contributed by atoms with E-state index in [9.17, 15) is 9.18 Å². The van der Waals surface area contributed by atoms with E-state index in [1.54, 1.807) is 16.9 Å². The topological polar surface area (TPSA) is 34.9 Å². The van der Waals surface area contributed by atoms with Crippen molar-refractivity contribution in [2.75, 3.05) is 0 Å². The summed E-state index contributed by atoms with van der Waals surface area (Å²) in [6.07, 6.45) is 2.44. The van der Waals surface area contributed by atoms with Crippen molar-refractivity contribution in [3.8, 4) is 16.9 Å². The SMILES string of the molecule is Cc1cc(F)ccc1-n1cc(C=O)c(-c2ccccc2)n1. The van der Waals surface area contributed by atoms with E-state index < -0.39 is 0 Å². The Kier molecular flexibility index (Phi) is 3.36. The molecule has 0 saturated carbocycles. The van der Waals surface area contributed by atoms with Crippen LogP contribution in [0.1, 0.15) is 15.9 Å². The van der Waals surface area contributed by atoms with Crippen molar-refractivity contribution in [2.24, 2.45) is 0 Å². The minimum Gasteiger partial charge on any atom is -0.298 e. The predicted molar refractivity (Wildman–Crippen MR) is 79.1 cm³/mol. The van der Waals surface area contributed by atoms with Crippen molar-refractivity contribution in [3.05, 3.63) is 71.7 Å². The van der Waals surface area contributed by atoms with Crippen LogP contribution in [0, 0.1) is 12.7 Å². The average Bonchev–Trinajstić information content (AvgIpc) is 2.92. The Morgan fingerprint density at radius 3 is 2.57 bits per heavy atom. The summed E-state index contributed by atoms with van der Waals surface area (Å²) in [6, 6.07) is 14.0. The van der Waals surface area contributed by atoms with Gasteiger partial charge in [-0.2, -0.15) is 5.10 Å². The van der Waals surface area contributed by atoms with Gasteiger partial charge in [0.15, 0.2) is 6.29 Å². The zero-order valence-corrected chi connectivity index (χ0v) is 11.5. The van der Waals surface area contributed by atoms with Crippen LogP contribution in [0.5, 0.6) is 0 Å². The van der Waals surface area contributed by atoms with Crippen LogP contribution in [0.25, 0.3) is 16.9 Å². The lowest BCUT2D eigenvalue weighted by Gasteiger charge is -2.05. The van der Waals surface area contributed by atoms with Crippen LogP contribution >= 0.6 is 0 Å². The highest BCUT2D eigenvalue weighted by Gasteiger charge is 2.12. The van der Waals surface area contributed by atoms with Crippen molar-refractivity contribution < 1.29 is 9.18 Å². The minimum atomic E-state index is -0.290. The summed E-state index contributed by atoms with van der Waals surface area (Å²) in [7, 11) is 0. The third-order valence-electron chi connectivity index (χ3n) is 3.32. The normalized spacial score (nSPS) is 10.6. The lowest BCUT2D eigenvalue weighted by atomic mass is 10.1. The van der Waals surface area contributed by atoms with E-state index in [1.807, 2.05) is 37.3 Å². The molecule has 0 aliphatic rings. The molecule has 1 aromatic heterocycles. The molecule has 0 radical (unpaired) electrons. The first-order valence-electron chi connectivity index (χ1n) is 6.56. The van der Waals surface area contributed by atoms with E-state index >= 15 is 0 Å². The van der Waals surface area contributed by atoms with Crippen LogP contribution in [-0.4, -0.2) is 16.1 Å². The molecule has 3 aromatic rings. The number of hydrogen-bond donors (Lipinski definition) is 0. The number of aryl methyl sites for hydroxylation is 1. The largest absolute Gasteiger partial charge is 0.298 e. The van der Waals surface area contributed by atoms with Gasteiger partial charge in [0.05, 0.1) is 11.3 Å². The fourth-order valence-electron chi connectivity index (χ4n) is 2.29. The van der Waals surface area contributed by atoms with E-state index in [0.717, 1.165) is 23.1 Å². The number of nitrogens with zero attached hydrogens (tertiary/aromatic N) is 2. The molecule has 0 saturated heterocycles. The van der Waals surface area contributed by atoms with Crippen LogP contribution < -0.4 is 0 Å². The van der Waals surface area contributed by atoms with Gasteiger partial charge in [0.1, 0.15) is 11.5 Å². The summed E-state index contributed by atoms with van der Waals surface area (Å²) in [4.78, 5) is 11.3. The lowest BCUT2D eigenvalue weighted by molar-refractivity contribution is 0.112. The number of rotatable bonds is 3. The summed E-state index contributed by atoms with van der Waals surface area (Å²) in [5, 5.41) is 4.47. The number of aromatic nitrogens is 2. The molecule has 0 amide bonds. The molecular formula is C17H13FN2O. The minimum absolute atomic E-state index is 0.290. The maximum Gasteiger partial charge on any atom is 0.153 e. The average molecular weight is 280 g/mol. The molecule has 0 bridgehead atoms. The van der Waals surface area contributed by atoms with Gasteiger partial charge in [-0.15, -0.1) is 0 Å². The number of carbonyl (C=O) groups excluding carboxylic acids is 1. The molecule has 3 nitrogen and oxygen atoms in total. The summed E-state index contributed by atoms with van der Waals surface area (Å²) >= 11 is 0. The molecule has 1 heterocycles. The van der Waals surface area contributed by atoms with Crippen molar-refractivity contribution in [1.82, 2.24) is 9.78 Å². The molecule has 0 atom stereocenters. The number of hydrogen-bond acceptors (Lipinski definition) is 2. The Hall–Kier alpha value is -2.75. The second kappa shape index (κ2) is 5.32. The zero-order chi connectivity index (χ0) is 14.8. The van der Waals surface area contributed by atoms with Crippen molar-refractivity contribution >= 4 is 6.29 Å². The van der Waals surface area contributed by atoms with Crippen LogP contribution in [0.3, 0.4) is 0 Å². The Balaban J connectivity index is 2.14. The molecule has 0 aliphatic carbocycles. The zero-order valence-electron chi connectivity index (χ0n) is 11.5. The van der Waals surface area contributed by atoms with Crippen LogP contribution in [0.4, 0.5) is 4.39 Å². The van der Waals surface area contributed by atoms with Gasteiger partial charge in [-0.3, -0.25) is 4.79 Å². The maximum absolute atomic E-state index is 13.2. The molecule has 0 unspecified atom stereocenters. The Bertz CT molecular complexity index is 794. The maximum atomic E-state index is 13.2. The van der Waals surface area contributed by atoms with E-state index in [4.69, 9.17) is 0 Å². The highest BCUT2D eigenvalue weighted by molar-refractivity contribution is 5.85. The van der Waals surface area contributed by atoms with Crippen molar-refractivity contribution in [3.63, 3.8) is 0 Å². The van der Waals surface area contributed by atoms with Crippen LogP contribution in [-0.2, 0) is 0 Å². The van der Waals surface area contributed by atoms with Crippen molar-refractivity contribution in [2.45, 2.75) is 6.92 Å². The molecular weight excluding hydrogens is 267 g/mol. The van der Waals surface area contributed by atoms with Gasteiger partial charge >= 0.3 is 0 Å². The van der Waals surface area contributed by atoms with E-state index in [2.05, 4.69) is 5.10 Å². The summed E-state index contributed by atoms with van der Waals surface area (Å²) in [5.41, 5.74) is 3.51. The van der Waals surface area contributed by atoms with Gasteiger partial charge in [0.2, 0.25) is 0 Å². The van der Waals surface area contributed by atoms with Gasteiger partial charge in [-0.05, 0) is 30.7 Å². The fraction of sp³-hybridized carbons (Fsp3) is 0.0588. The van der Waals surface area contributed by atoms with E-state index in [-0.39, 0.29) is 5.82 Å². The quantitative estimate of drug-likeness (QED) is 0.684. The highest BCUT2D eigenvalue weighted by Crippen LogP contribution is 2.23. The first-order valence-corrected chi connectivity index (χ1v) is 6.56. The van der Waals surface area contributed by atoms with Crippen molar-refractivity contribution in [1.29, 1.82) is 0 Å². The van der Waals surface area contributed by atoms with E-state index in [0.29, 0.717) is 11.3 Å². The molecule has 21 heavy (non-hydrogen) atoms. The molecule has 104 valence electrons. The number of aldehydes is 1. The van der Waals surface area contributed by atoms with Gasteiger partial charge in [-0.25, -0.2) is 9.07 Å². The summed E-state index contributed by atoms with van der Waals surface area (Å²) in [6.45, 7) is 1.81. The molecule has 2 aromatic carbocycles. The molecule has 3 rings (SSSR count). The standard InChI is InChI=1S/C17H13FN2O/c1-12-9-15(18)7-8-16(12)20-10-14(11-21)17(19-20)13-5-3-2-4-6-13/h2-11H,1H3. The Morgan fingerprint density at radius 1 is 1.14 bits per heavy atom. The van der Waals surface area contributed by atoms with Gasteiger partial charge in [0.25, 0.3) is 0 Å². The first kappa shape index (κ1) is 13.2. The van der Waals surface area contributed by atoms with Gasteiger partial charge in [0, 0.05) is 11.8 Å². The predicted octanol–water partition coefficient (Wildman–Crippen LogP) is 3.80. The monoisotopic (exact) mass is 280 g/mol. The highest BCUT2D eigenvalue weighted by atomic mass is 19.1. The lowest BCUT2D eigenvalue weighted by Crippen LogP contribution is -1.98. The summed E-state index contributed by atoms with van der Waals surface area (Å²) in [5.74, 6) is -0.290.